The van der Waals surface area contributed by atoms with Gasteiger partial charge in [0.05, 0.1) is 11.4 Å². The Kier molecular flexibility index (Phi) is 6.80. The van der Waals surface area contributed by atoms with E-state index in [4.69, 9.17) is 21.3 Å². The molecule has 0 aliphatic carbocycles. The minimum atomic E-state index is -0.988. The van der Waals surface area contributed by atoms with E-state index in [-0.39, 0.29) is 18.6 Å². The maximum atomic E-state index is 13.5. The number of carbonyl (C=O) groups excluding carboxylic acids is 2. The van der Waals surface area contributed by atoms with Crippen LogP contribution >= 0.6 is 34.2 Å². The van der Waals surface area contributed by atoms with Crippen LogP contribution in [0.3, 0.4) is 0 Å². The van der Waals surface area contributed by atoms with Crippen molar-refractivity contribution < 1.29 is 14.3 Å². The second-order valence-corrected chi connectivity index (χ2v) is 10.4. The van der Waals surface area contributed by atoms with E-state index in [9.17, 15) is 9.59 Å². The van der Waals surface area contributed by atoms with Crippen LogP contribution in [0.5, 0.6) is 0 Å². The lowest BCUT2D eigenvalue weighted by Crippen LogP contribution is -2.51. The lowest BCUT2D eigenvalue weighted by Gasteiger charge is -2.37. The van der Waals surface area contributed by atoms with Crippen LogP contribution in [-0.2, 0) is 16.1 Å². The quantitative estimate of drug-likeness (QED) is 0.381. The van der Waals surface area contributed by atoms with E-state index in [2.05, 4.69) is 27.9 Å². The van der Waals surface area contributed by atoms with Crippen molar-refractivity contribution in [1.29, 1.82) is 0 Å². The molecule has 178 valence electrons. The molecule has 0 radical (unpaired) electrons. The van der Waals surface area contributed by atoms with Crippen molar-refractivity contribution in [1.82, 2.24) is 4.90 Å². The predicted molar refractivity (Wildman–Crippen MR) is 145 cm³/mol. The predicted octanol–water partition coefficient (Wildman–Crippen LogP) is 5.91. The molecular formula is C27H23ClIN3O3. The number of amides is 2. The second kappa shape index (κ2) is 9.99. The number of halogens is 2. The topological polar surface area (TPSA) is 71.0 Å². The number of ether oxygens (including phenoxy) is 1. The Labute approximate surface area is 222 Å². The van der Waals surface area contributed by atoms with Gasteiger partial charge < -0.3 is 15.0 Å². The molecule has 1 spiro atoms. The zero-order chi connectivity index (χ0) is 24.4. The molecule has 0 saturated carbocycles. The first-order valence-corrected chi connectivity index (χ1v) is 12.8. The number of fused-ring (bicyclic) bond motifs is 1. The maximum absolute atomic E-state index is 13.5. The van der Waals surface area contributed by atoms with Crippen LogP contribution in [0.15, 0.2) is 77.8 Å². The summed E-state index contributed by atoms with van der Waals surface area (Å²) in [6.45, 7) is 0.968. The molecule has 2 aliphatic heterocycles. The Morgan fingerprint density at radius 3 is 2.57 bits per heavy atom. The second-order valence-electron chi connectivity index (χ2n) is 8.67. The van der Waals surface area contributed by atoms with Crippen LogP contribution in [0.1, 0.15) is 29.5 Å². The minimum Gasteiger partial charge on any atom is -0.445 e. The lowest BCUT2D eigenvalue weighted by molar-refractivity contribution is -0.122. The highest BCUT2D eigenvalue weighted by Gasteiger charge is 2.44. The van der Waals surface area contributed by atoms with Crippen molar-refractivity contribution in [3.63, 3.8) is 0 Å². The molecule has 1 N–H and O–H groups in total. The molecule has 0 unspecified atom stereocenters. The van der Waals surface area contributed by atoms with Crippen molar-refractivity contribution in [2.75, 3.05) is 18.4 Å². The van der Waals surface area contributed by atoms with Crippen LogP contribution in [-0.4, -0.2) is 41.2 Å². The smallest absolute Gasteiger partial charge is 0.410 e. The molecule has 1 fully saturated rings. The number of piperidine rings is 1. The fourth-order valence-corrected chi connectivity index (χ4v) is 5.16. The van der Waals surface area contributed by atoms with Crippen molar-refractivity contribution >= 4 is 57.6 Å². The first kappa shape index (κ1) is 23.8. The molecule has 3 aromatic carbocycles. The number of rotatable bonds is 3. The van der Waals surface area contributed by atoms with Gasteiger partial charge in [0.25, 0.3) is 5.91 Å². The highest BCUT2D eigenvalue weighted by Crippen LogP contribution is 2.36. The number of aliphatic imine (C=N–C) groups is 1. The fourth-order valence-electron chi connectivity index (χ4n) is 4.45. The van der Waals surface area contributed by atoms with E-state index < -0.39 is 5.54 Å². The summed E-state index contributed by atoms with van der Waals surface area (Å²) in [5.41, 5.74) is 3.05. The van der Waals surface area contributed by atoms with E-state index in [1.54, 1.807) is 11.0 Å². The molecule has 2 aliphatic rings. The fraction of sp³-hybridized carbons (Fsp3) is 0.222. The number of nitrogens with zero attached hydrogens (tertiary/aromatic N) is 2. The zero-order valence-corrected chi connectivity index (χ0v) is 21.8. The van der Waals surface area contributed by atoms with Crippen LogP contribution in [0.4, 0.5) is 10.5 Å². The first-order valence-electron chi connectivity index (χ1n) is 11.4. The van der Waals surface area contributed by atoms with Gasteiger partial charge in [-0.05, 0) is 71.3 Å². The maximum Gasteiger partial charge on any atom is 0.410 e. The molecule has 1 saturated heterocycles. The minimum absolute atomic E-state index is 0.168. The summed E-state index contributed by atoms with van der Waals surface area (Å²) >= 11 is 8.60. The van der Waals surface area contributed by atoms with Crippen LogP contribution in [0.2, 0.25) is 5.02 Å². The van der Waals surface area contributed by atoms with Gasteiger partial charge in [0.2, 0.25) is 0 Å². The monoisotopic (exact) mass is 599 g/mol. The Balaban J connectivity index is 1.41. The molecule has 6 nitrogen and oxygen atoms in total. The average Bonchev–Trinajstić information content (AvgIpc) is 2.98. The van der Waals surface area contributed by atoms with Gasteiger partial charge in [0.15, 0.2) is 0 Å². The van der Waals surface area contributed by atoms with Gasteiger partial charge in [-0.25, -0.2) is 4.79 Å². The molecule has 2 heterocycles. The Bertz CT molecular complexity index is 1300. The van der Waals surface area contributed by atoms with E-state index in [1.165, 1.54) is 0 Å². The Morgan fingerprint density at radius 2 is 1.83 bits per heavy atom. The van der Waals surface area contributed by atoms with Crippen molar-refractivity contribution in [2.45, 2.75) is 25.0 Å². The van der Waals surface area contributed by atoms with Gasteiger partial charge in [0.1, 0.15) is 12.1 Å². The zero-order valence-electron chi connectivity index (χ0n) is 18.8. The van der Waals surface area contributed by atoms with E-state index in [0.717, 1.165) is 26.0 Å². The summed E-state index contributed by atoms with van der Waals surface area (Å²) in [6, 6.07) is 23.0. The summed E-state index contributed by atoms with van der Waals surface area (Å²) in [6.07, 6.45) is 0.414. The third kappa shape index (κ3) is 5.06. The SMILES string of the molecule is O=C(OCc1ccccc1)N1CCC2(CC1)N=C(c1cccc(I)c1)c1cc(Cl)ccc1NC2=O. The molecule has 2 amide bonds. The summed E-state index contributed by atoms with van der Waals surface area (Å²) < 4.78 is 6.57. The number of anilines is 1. The molecule has 0 atom stereocenters. The number of hydrogen-bond donors (Lipinski definition) is 1. The largest absolute Gasteiger partial charge is 0.445 e. The van der Waals surface area contributed by atoms with Crippen LogP contribution in [0.25, 0.3) is 0 Å². The van der Waals surface area contributed by atoms with Crippen LogP contribution < -0.4 is 5.32 Å². The normalized spacial score (nSPS) is 16.7. The molecule has 0 bridgehead atoms. The Hall–Kier alpha value is -2.91. The number of benzene rings is 3. The summed E-state index contributed by atoms with van der Waals surface area (Å²) in [7, 11) is 0. The summed E-state index contributed by atoms with van der Waals surface area (Å²) in [5.74, 6) is -0.168. The van der Waals surface area contributed by atoms with Gasteiger partial charge in [0, 0.05) is 32.8 Å². The first-order chi connectivity index (χ1) is 16.9. The van der Waals surface area contributed by atoms with Gasteiger partial charge in [-0.1, -0.05) is 54.1 Å². The van der Waals surface area contributed by atoms with Crippen molar-refractivity contribution in [2.24, 2.45) is 4.99 Å². The van der Waals surface area contributed by atoms with Crippen molar-refractivity contribution in [3.8, 4) is 0 Å². The lowest BCUT2D eigenvalue weighted by atomic mass is 9.87. The van der Waals surface area contributed by atoms with Gasteiger partial charge >= 0.3 is 6.09 Å². The number of nitrogens with one attached hydrogen (secondary N) is 1. The van der Waals surface area contributed by atoms with Crippen LogP contribution in [0, 0.1) is 3.57 Å². The third-order valence-electron chi connectivity index (χ3n) is 6.39. The standard InChI is InChI=1S/C27H23ClIN3O3/c28-20-9-10-23-22(16-20)24(19-7-4-8-21(29)15-19)31-27(25(33)30-23)11-13-32(14-12-27)26(34)35-17-18-5-2-1-3-6-18/h1-10,15-16H,11-14,17H2,(H,30,33). The van der Waals surface area contributed by atoms with E-state index in [1.807, 2.05) is 66.7 Å². The molecule has 8 heteroatoms. The van der Waals surface area contributed by atoms with Crippen molar-refractivity contribution in [3.05, 3.63) is 98.1 Å². The third-order valence-corrected chi connectivity index (χ3v) is 7.29. The van der Waals surface area contributed by atoms with Gasteiger partial charge in [-0.2, -0.15) is 0 Å². The summed E-state index contributed by atoms with van der Waals surface area (Å²) in [4.78, 5) is 32.9. The molecule has 5 rings (SSSR count). The number of likely N-dealkylation sites (tertiary alicyclic amines) is 1. The number of carbonyl (C=O) groups is 2. The highest BCUT2D eigenvalue weighted by atomic mass is 127. The van der Waals surface area contributed by atoms with E-state index in [0.29, 0.717) is 36.6 Å². The van der Waals surface area contributed by atoms with E-state index >= 15 is 0 Å². The average molecular weight is 600 g/mol. The number of hydrogen-bond acceptors (Lipinski definition) is 4. The molecule has 0 aromatic heterocycles. The van der Waals surface area contributed by atoms with Gasteiger partial charge in [-0.3, -0.25) is 9.79 Å². The highest BCUT2D eigenvalue weighted by molar-refractivity contribution is 14.1. The Morgan fingerprint density at radius 1 is 1.06 bits per heavy atom. The summed E-state index contributed by atoms with van der Waals surface area (Å²) in [5, 5.41) is 3.64. The van der Waals surface area contributed by atoms with Gasteiger partial charge in [-0.15, -0.1) is 0 Å². The molecule has 3 aromatic rings. The molecular weight excluding hydrogens is 577 g/mol. The molecule has 35 heavy (non-hydrogen) atoms.